The maximum atomic E-state index is 2.30. The number of hydrogen-bond donors (Lipinski definition) is 0. The van der Waals surface area contributed by atoms with Crippen LogP contribution in [0.2, 0.25) is 0 Å². The molecule has 0 saturated carbocycles. The van der Waals surface area contributed by atoms with E-state index in [4.69, 9.17) is 0 Å². The fourth-order valence-corrected chi connectivity index (χ4v) is 1.89. The molecule has 3 heteroatoms. The summed E-state index contributed by atoms with van der Waals surface area (Å²) in [6.07, 6.45) is 5.45. The van der Waals surface area contributed by atoms with Gasteiger partial charge in [-0.15, -0.1) is 0 Å². The second-order valence-electron chi connectivity index (χ2n) is 3.23. The largest absolute Gasteiger partial charge is 3.00 e. The molecule has 0 N–H and O–H groups in total. The smallest absolute Gasteiger partial charge is 1.00 e. The van der Waals surface area contributed by atoms with Crippen LogP contribution in [0.4, 0.5) is 0 Å². The zero-order valence-corrected chi connectivity index (χ0v) is 11.7. The topological polar surface area (TPSA) is 0 Å². The molecule has 0 spiro atoms. The summed E-state index contributed by atoms with van der Waals surface area (Å²) in [5.41, 5.74) is 4.77. The van der Waals surface area contributed by atoms with E-state index in [-0.39, 0.29) is 51.0 Å². The molecule has 0 aromatic heterocycles. The molecule has 2 rings (SSSR count). The minimum Gasteiger partial charge on any atom is -1.00 e. The first-order chi connectivity index (χ1) is 4.88. The molecule has 0 bridgehead atoms. The van der Waals surface area contributed by atoms with Crippen molar-refractivity contribution in [2.24, 2.45) is 0 Å². The van der Waals surface area contributed by atoms with E-state index in [1.165, 1.54) is 31.2 Å². The van der Waals surface area contributed by atoms with Gasteiger partial charge in [-0.1, -0.05) is 32.6 Å². The van der Waals surface area contributed by atoms with E-state index in [1.807, 2.05) is 0 Å². The predicted molar refractivity (Wildman–Crippen MR) is 43.4 cm³/mol. The zero-order chi connectivity index (χ0) is 6.97. The van der Waals surface area contributed by atoms with Crippen molar-refractivity contribution >= 4 is 0 Å². The Morgan fingerprint density at radius 3 is 2.38 bits per heavy atom. The van der Waals surface area contributed by atoms with Gasteiger partial charge in [0.2, 0.25) is 0 Å². The number of halogens is 2. The summed E-state index contributed by atoms with van der Waals surface area (Å²) in [6.45, 7) is 2.23. The Morgan fingerprint density at radius 2 is 1.77 bits per heavy atom. The van der Waals surface area contributed by atoms with Crippen LogP contribution in [0.15, 0.2) is 12.1 Å². The molecule has 0 fully saturated rings. The monoisotopic (exact) mass is 293 g/mol. The summed E-state index contributed by atoms with van der Waals surface area (Å²) in [6, 6.07) is 4.56. The number of fused-ring (bicyclic) bond motifs is 1. The molecule has 0 unspecified atom stereocenters. The molecule has 13 heavy (non-hydrogen) atoms. The second-order valence-corrected chi connectivity index (χ2v) is 3.23. The molecule has 0 aliphatic heterocycles. The standard InChI is InChI=1S/C10H13.2ClH.Zr/c1-8-6-7-9-4-2-3-5-10(8)9;;;/h6-7H,2-5H2,1H3;2*1H;/q-1;;;+3/p-2. The van der Waals surface area contributed by atoms with Crippen LogP contribution < -0.4 is 24.8 Å². The molecule has 1 aliphatic carbocycles. The molecule has 1 aromatic carbocycles. The van der Waals surface area contributed by atoms with E-state index in [2.05, 4.69) is 19.1 Å². The molecule has 0 nitrogen and oxygen atoms in total. The van der Waals surface area contributed by atoms with Gasteiger partial charge >= 0.3 is 26.2 Å². The first-order valence-corrected chi connectivity index (χ1v) is 4.12. The first-order valence-electron chi connectivity index (χ1n) is 4.12. The molecule has 0 saturated heterocycles. The van der Waals surface area contributed by atoms with Crippen molar-refractivity contribution in [2.45, 2.75) is 32.6 Å². The van der Waals surface area contributed by atoms with Crippen LogP contribution in [0.25, 0.3) is 0 Å². The minimum atomic E-state index is 0. The van der Waals surface area contributed by atoms with Crippen molar-refractivity contribution in [2.75, 3.05) is 0 Å². The quantitative estimate of drug-likeness (QED) is 0.438. The van der Waals surface area contributed by atoms with Gasteiger partial charge in [-0.05, 0) is 0 Å². The summed E-state index contributed by atoms with van der Waals surface area (Å²) in [4.78, 5) is 0. The molecule has 1 radical (unpaired) electrons. The average Bonchev–Trinajstić information content (AvgIpc) is 2.34. The number of rotatable bonds is 0. The third-order valence-corrected chi connectivity index (χ3v) is 2.52. The number of aryl methyl sites for hydroxylation is 2. The van der Waals surface area contributed by atoms with Gasteiger partial charge in [0.05, 0.1) is 0 Å². The Hall–Kier alpha value is 0.813. The van der Waals surface area contributed by atoms with Gasteiger partial charge in [0, 0.05) is 0 Å². The molecule has 1 aliphatic rings. The van der Waals surface area contributed by atoms with Crippen molar-refractivity contribution in [3.05, 3.63) is 28.8 Å². The van der Waals surface area contributed by atoms with E-state index in [1.54, 1.807) is 11.1 Å². The van der Waals surface area contributed by atoms with Gasteiger partial charge in [-0.3, -0.25) is 0 Å². The maximum absolute atomic E-state index is 2.30. The average molecular weight is 295 g/mol. The van der Waals surface area contributed by atoms with Gasteiger partial charge in [0.1, 0.15) is 0 Å². The van der Waals surface area contributed by atoms with E-state index >= 15 is 0 Å². The van der Waals surface area contributed by atoms with E-state index in [9.17, 15) is 0 Å². The van der Waals surface area contributed by atoms with Crippen LogP contribution in [-0.2, 0) is 39.0 Å². The van der Waals surface area contributed by atoms with E-state index < -0.39 is 0 Å². The molecular weight excluding hydrogens is 282 g/mol. The Labute approximate surface area is 112 Å². The van der Waals surface area contributed by atoms with Crippen LogP contribution in [-0.4, -0.2) is 0 Å². The first kappa shape index (κ1) is 16.3. The third-order valence-electron chi connectivity index (χ3n) is 2.52. The van der Waals surface area contributed by atoms with Crippen molar-refractivity contribution in [3.63, 3.8) is 0 Å². The van der Waals surface area contributed by atoms with Crippen LogP contribution in [0, 0.1) is 6.92 Å². The zero-order valence-electron chi connectivity index (χ0n) is 7.74. The summed E-state index contributed by atoms with van der Waals surface area (Å²) < 4.78 is 0. The fraction of sp³-hybridized carbons (Fsp3) is 0.500. The van der Waals surface area contributed by atoms with Crippen molar-refractivity contribution < 1.29 is 51.0 Å². The van der Waals surface area contributed by atoms with Gasteiger partial charge in [0.15, 0.2) is 0 Å². The molecular formula is C10H13Cl2Zr. The van der Waals surface area contributed by atoms with Gasteiger partial charge < -0.3 is 24.8 Å². The Kier molecular flexibility index (Phi) is 8.94. The Balaban J connectivity index is 0. The summed E-state index contributed by atoms with van der Waals surface area (Å²) in [7, 11) is 0. The van der Waals surface area contributed by atoms with Crippen LogP contribution in [0.5, 0.6) is 0 Å². The number of hydrogen-bond acceptors (Lipinski definition) is 0. The SMILES string of the molecule is Cc1c[cH-]c2c1CCCC2.[Cl-].[Cl-].[Zr+3]. The molecule has 71 valence electrons. The van der Waals surface area contributed by atoms with Gasteiger partial charge in [-0.2, -0.15) is 28.8 Å². The maximum Gasteiger partial charge on any atom is 3.00 e. The molecule has 0 atom stereocenters. The van der Waals surface area contributed by atoms with E-state index in [0.29, 0.717) is 0 Å². The van der Waals surface area contributed by atoms with Crippen molar-refractivity contribution in [1.82, 2.24) is 0 Å². The van der Waals surface area contributed by atoms with E-state index in [0.717, 1.165) is 0 Å². The van der Waals surface area contributed by atoms with Gasteiger partial charge in [0.25, 0.3) is 0 Å². The third kappa shape index (κ3) is 3.46. The van der Waals surface area contributed by atoms with Crippen molar-refractivity contribution in [3.8, 4) is 0 Å². The molecule has 0 heterocycles. The van der Waals surface area contributed by atoms with Gasteiger partial charge in [-0.25, -0.2) is 0 Å². The van der Waals surface area contributed by atoms with Crippen LogP contribution >= 0.6 is 0 Å². The Morgan fingerprint density at radius 1 is 1.15 bits per heavy atom. The fourth-order valence-electron chi connectivity index (χ4n) is 1.89. The minimum absolute atomic E-state index is 0. The summed E-state index contributed by atoms with van der Waals surface area (Å²) in [5.74, 6) is 0. The summed E-state index contributed by atoms with van der Waals surface area (Å²) >= 11 is 0. The molecule has 0 amide bonds. The Bertz CT molecular complexity index is 243. The summed E-state index contributed by atoms with van der Waals surface area (Å²) in [5, 5.41) is 0. The molecule has 1 aromatic rings. The predicted octanol–water partition coefficient (Wildman–Crippen LogP) is -3.40. The second kappa shape index (κ2) is 7.15. The normalized spacial score (nSPS) is 13.0. The van der Waals surface area contributed by atoms with Crippen LogP contribution in [0.3, 0.4) is 0 Å². The van der Waals surface area contributed by atoms with Crippen molar-refractivity contribution in [1.29, 1.82) is 0 Å². The van der Waals surface area contributed by atoms with Crippen LogP contribution in [0.1, 0.15) is 29.5 Å².